The minimum absolute atomic E-state index is 0.0609. The molecule has 1 unspecified atom stereocenters. The summed E-state index contributed by atoms with van der Waals surface area (Å²) in [6.07, 6.45) is -4.25. The van der Waals surface area contributed by atoms with E-state index in [1.54, 1.807) is 44.2 Å². The van der Waals surface area contributed by atoms with Crippen LogP contribution in [0.15, 0.2) is 48.5 Å². The SMILES string of the molecule is CCCS(=O)(=O)NCC(C)Oc1ccc(-c2cccc(C(F)(F)F)c2)cc1. The molecular formula is C19H22F3NO3S. The number of nitrogens with one attached hydrogen (secondary N) is 1. The van der Waals surface area contributed by atoms with Crippen LogP contribution in [-0.2, 0) is 16.2 Å². The van der Waals surface area contributed by atoms with Crippen molar-refractivity contribution in [2.45, 2.75) is 32.5 Å². The van der Waals surface area contributed by atoms with E-state index in [1.807, 2.05) is 0 Å². The van der Waals surface area contributed by atoms with Crippen LogP contribution in [0.3, 0.4) is 0 Å². The number of sulfonamides is 1. The van der Waals surface area contributed by atoms with Crippen LogP contribution in [0, 0.1) is 0 Å². The third-order valence-electron chi connectivity index (χ3n) is 3.78. The molecule has 148 valence electrons. The Morgan fingerprint density at radius 2 is 1.74 bits per heavy atom. The van der Waals surface area contributed by atoms with E-state index in [4.69, 9.17) is 4.74 Å². The fourth-order valence-corrected chi connectivity index (χ4v) is 3.63. The molecule has 0 radical (unpaired) electrons. The van der Waals surface area contributed by atoms with Gasteiger partial charge < -0.3 is 4.74 Å². The lowest BCUT2D eigenvalue weighted by molar-refractivity contribution is -0.137. The molecule has 2 aromatic rings. The highest BCUT2D eigenvalue weighted by molar-refractivity contribution is 7.89. The zero-order valence-corrected chi connectivity index (χ0v) is 15.9. The number of halogens is 3. The smallest absolute Gasteiger partial charge is 0.416 e. The topological polar surface area (TPSA) is 55.4 Å². The van der Waals surface area contributed by atoms with Gasteiger partial charge in [-0.2, -0.15) is 13.2 Å². The lowest BCUT2D eigenvalue weighted by Crippen LogP contribution is -2.34. The Morgan fingerprint density at radius 3 is 2.33 bits per heavy atom. The third-order valence-corrected chi connectivity index (χ3v) is 5.33. The molecule has 0 aliphatic heterocycles. The molecule has 2 rings (SSSR count). The van der Waals surface area contributed by atoms with Crippen molar-refractivity contribution in [1.82, 2.24) is 4.72 Å². The molecule has 2 aromatic carbocycles. The maximum atomic E-state index is 12.8. The summed E-state index contributed by atoms with van der Waals surface area (Å²) in [5.74, 6) is 0.568. The third kappa shape index (κ3) is 6.55. The Balaban J connectivity index is 2.01. The van der Waals surface area contributed by atoms with Crippen LogP contribution in [0.2, 0.25) is 0 Å². The summed E-state index contributed by atoms with van der Waals surface area (Å²) in [6, 6.07) is 11.7. The Morgan fingerprint density at radius 1 is 1.07 bits per heavy atom. The quantitative estimate of drug-likeness (QED) is 0.710. The normalized spacial score (nSPS) is 13.4. The van der Waals surface area contributed by atoms with Gasteiger partial charge in [-0.05, 0) is 48.7 Å². The van der Waals surface area contributed by atoms with Gasteiger partial charge in [-0.1, -0.05) is 31.2 Å². The van der Waals surface area contributed by atoms with E-state index in [0.717, 1.165) is 12.1 Å². The summed E-state index contributed by atoms with van der Waals surface area (Å²) >= 11 is 0. The molecular weight excluding hydrogens is 379 g/mol. The van der Waals surface area contributed by atoms with Crippen LogP contribution in [-0.4, -0.2) is 26.8 Å². The highest BCUT2D eigenvalue weighted by Crippen LogP contribution is 2.32. The minimum Gasteiger partial charge on any atom is -0.489 e. The van der Waals surface area contributed by atoms with Crippen molar-refractivity contribution in [3.63, 3.8) is 0 Å². The molecule has 0 fully saturated rings. The van der Waals surface area contributed by atoms with Crippen molar-refractivity contribution in [2.75, 3.05) is 12.3 Å². The Bertz CT molecular complexity index is 849. The summed E-state index contributed by atoms with van der Waals surface area (Å²) in [5, 5.41) is 0. The Labute approximate surface area is 157 Å². The first-order chi connectivity index (χ1) is 12.6. The van der Waals surface area contributed by atoms with Crippen molar-refractivity contribution in [3.8, 4) is 16.9 Å². The summed E-state index contributed by atoms with van der Waals surface area (Å²) in [4.78, 5) is 0. The van der Waals surface area contributed by atoms with Crippen molar-refractivity contribution in [2.24, 2.45) is 0 Å². The Kier molecular flexibility index (Phi) is 6.89. The van der Waals surface area contributed by atoms with E-state index >= 15 is 0 Å². The number of hydrogen-bond donors (Lipinski definition) is 1. The summed E-state index contributed by atoms with van der Waals surface area (Å²) < 4.78 is 69.9. The molecule has 4 nitrogen and oxygen atoms in total. The van der Waals surface area contributed by atoms with Crippen molar-refractivity contribution in [1.29, 1.82) is 0 Å². The van der Waals surface area contributed by atoms with Gasteiger partial charge in [-0.25, -0.2) is 13.1 Å². The van der Waals surface area contributed by atoms with Gasteiger partial charge in [0.05, 0.1) is 11.3 Å². The van der Waals surface area contributed by atoms with Gasteiger partial charge in [0, 0.05) is 6.54 Å². The predicted molar refractivity (Wildman–Crippen MR) is 99.1 cm³/mol. The molecule has 27 heavy (non-hydrogen) atoms. The lowest BCUT2D eigenvalue weighted by atomic mass is 10.0. The largest absolute Gasteiger partial charge is 0.489 e. The number of rotatable bonds is 8. The average Bonchev–Trinajstić information content (AvgIpc) is 2.60. The van der Waals surface area contributed by atoms with Crippen LogP contribution < -0.4 is 9.46 Å². The number of benzene rings is 2. The van der Waals surface area contributed by atoms with Gasteiger partial charge in [0.2, 0.25) is 10.0 Å². The first-order valence-corrected chi connectivity index (χ1v) is 10.2. The van der Waals surface area contributed by atoms with Crippen LogP contribution in [0.4, 0.5) is 13.2 Å². The molecule has 0 bridgehead atoms. The van der Waals surface area contributed by atoms with E-state index in [2.05, 4.69) is 4.72 Å². The Hall–Kier alpha value is -2.06. The van der Waals surface area contributed by atoms with Crippen molar-refractivity contribution in [3.05, 3.63) is 54.1 Å². The van der Waals surface area contributed by atoms with E-state index in [9.17, 15) is 21.6 Å². The van der Waals surface area contributed by atoms with Crippen molar-refractivity contribution < 1.29 is 26.3 Å². The molecule has 0 spiro atoms. The maximum absolute atomic E-state index is 12.8. The second kappa shape index (κ2) is 8.75. The number of hydrogen-bond acceptors (Lipinski definition) is 3. The number of alkyl halides is 3. The van der Waals surface area contributed by atoms with Gasteiger partial charge in [0.15, 0.2) is 0 Å². The molecule has 0 amide bonds. The van der Waals surface area contributed by atoms with Crippen LogP contribution >= 0.6 is 0 Å². The molecule has 0 saturated carbocycles. The van der Waals surface area contributed by atoms with E-state index in [-0.39, 0.29) is 12.3 Å². The molecule has 0 heterocycles. The summed E-state index contributed by atoms with van der Waals surface area (Å²) in [7, 11) is -3.30. The molecule has 0 aromatic heterocycles. The fraction of sp³-hybridized carbons (Fsp3) is 0.368. The second-order valence-electron chi connectivity index (χ2n) is 6.20. The lowest BCUT2D eigenvalue weighted by Gasteiger charge is -2.16. The second-order valence-corrected chi connectivity index (χ2v) is 8.13. The fourth-order valence-electron chi connectivity index (χ4n) is 2.46. The van der Waals surface area contributed by atoms with Crippen LogP contribution in [0.25, 0.3) is 11.1 Å². The zero-order valence-electron chi connectivity index (χ0n) is 15.1. The van der Waals surface area contributed by atoms with Crippen LogP contribution in [0.5, 0.6) is 5.75 Å². The molecule has 0 saturated heterocycles. The van der Waals surface area contributed by atoms with Gasteiger partial charge >= 0.3 is 6.18 Å². The van der Waals surface area contributed by atoms with E-state index < -0.39 is 27.9 Å². The molecule has 0 aliphatic carbocycles. The average molecular weight is 401 g/mol. The van der Waals surface area contributed by atoms with E-state index in [0.29, 0.717) is 23.3 Å². The first-order valence-electron chi connectivity index (χ1n) is 8.52. The number of ether oxygens (including phenoxy) is 1. The van der Waals surface area contributed by atoms with E-state index in [1.165, 1.54) is 6.07 Å². The summed E-state index contributed by atoms with van der Waals surface area (Å²) in [5.41, 5.74) is 0.384. The molecule has 1 N–H and O–H groups in total. The van der Waals surface area contributed by atoms with Gasteiger partial charge in [-0.15, -0.1) is 0 Å². The minimum atomic E-state index is -4.39. The molecule has 0 aliphatic rings. The predicted octanol–water partition coefficient (Wildman–Crippen LogP) is 4.47. The van der Waals surface area contributed by atoms with Gasteiger partial charge in [0.1, 0.15) is 11.9 Å². The standard InChI is InChI=1S/C19H22F3NO3S/c1-3-11-27(24,25)23-13-14(2)26-18-9-7-15(8-10-18)16-5-4-6-17(12-16)19(20,21)22/h4-10,12,14,23H,3,11,13H2,1-2H3. The highest BCUT2D eigenvalue weighted by atomic mass is 32.2. The van der Waals surface area contributed by atoms with Crippen LogP contribution in [0.1, 0.15) is 25.8 Å². The zero-order chi connectivity index (χ0) is 20.1. The molecule has 1 atom stereocenters. The van der Waals surface area contributed by atoms with Gasteiger partial charge in [-0.3, -0.25) is 0 Å². The monoisotopic (exact) mass is 401 g/mol. The highest BCUT2D eigenvalue weighted by Gasteiger charge is 2.30. The molecule has 8 heteroatoms. The maximum Gasteiger partial charge on any atom is 0.416 e. The van der Waals surface area contributed by atoms with Crippen molar-refractivity contribution >= 4 is 10.0 Å². The van der Waals surface area contributed by atoms with Gasteiger partial charge in [0.25, 0.3) is 0 Å². The first kappa shape index (κ1) is 21.2. The summed E-state index contributed by atoms with van der Waals surface area (Å²) in [6.45, 7) is 3.65.